The van der Waals surface area contributed by atoms with Gasteiger partial charge in [-0.1, -0.05) is 6.07 Å². The molecule has 0 N–H and O–H groups in total. The van der Waals surface area contributed by atoms with E-state index >= 15 is 0 Å². The van der Waals surface area contributed by atoms with Crippen LogP contribution in [-0.4, -0.2) is 26.9 Å². The summed E-state index contributed by atoms with van der Waals surface area (Å²) in [5, 5.41) is -5.89. The molecule has 0 saturated heterocycles. The first-order valence-corrected chi connectivity index (χ1v) is 9.56. The molecule has 2 aromatic rings. The van der Waals surface area contributed by atoms with Crippen LogP contribution in [0.2, 0.25) is 0 Å². The van der Waals surface area contributed by atoms with Gasteiger partial charge in [0, 0.05) is 45.5 Å². The third kappa shape index (κ3) is 4.43. The fraction of sp³-hybridized carbons (Fsp3) is 0.267. The highest BCUT2D eigenvalue weighted by atomic mass is 79.9. The zero-order valence-electron chi connectivity index (χ0n) is 12.8. The first-order valence-electron chi connectivity index (χ1n) is 6.82. The minimum atomic E-state index is -6.58. The monoisotopic (exact) mass is 540 g/mol. The number of pyridine rings is 1. The van der Waals surface area contributed by atoms with Gasteiger partial charge in [0.25, 0.3) is 0 Å². The molecule has 0 aliphatic heterocycles. The van der Waals surface area contributed by atoms with Crippen LogP contribution in [0.1, 0.15) is 11.1 Å². The molecule has 1 atom stereocenters. The molecule has 2 rings (SSSR count). The molecular formula is C15H7Br2F7NOS. The summed E-state index contributed by atoms with van der Waals surface area (Å²) < 4.78 is 104. The molecule has 0 fully saturated rings. The van der Waals surface area contributed by atoms with Crippen molar-refractivity contribution in [2.75, 3.05) is 0 Å². The second-order valence-electron chi connectivity index (χ2n) is 5.17. The lowest BCUT2D eigenvalue weighted by atomic mass is 10.1. The SMILES string of the molecule is [O-][S+](c1cc(Br)[c]c(Br)c1Cc1cccnc1)C(F)(F)C(F)(F)C(F)(F)F. The zero-order valence-corrected chi connectivity index (χ0v) is 16.7. The van der Waals surface area contributed by atoms with E-state index in [0.29, 0.717) is 5.56 Å². The molecule has 1 aromatic heterocycles. The highest BCUT2D eigenvalue weighted by molar-refractivity contribution is 9.11. The number of nitrogens with zero attached hydrogens (tertiary/aromatic N) is 1. The molecule has 147 valence electrons. The summed E-state index contributed by atoms with van der Waals surface area (Å²) in [7, 11) is 0. The molecule has 1 aromatic carbocycles. The summed E-state index contributed by atoms with van der Waals surface area (Å²) in [4.78, 5) is 2.91. The van der Waals surface area contributed by atoms with E-state index in [1.807, 2.05) is 0 Å². The van der Waals surface area contributed by atoms with Gasteiger partial charge in [-0.25, -0.2) is 0 Å². The Morgan fingerprint density at radius 1 is 1.11 bits per heavy atom. The van der Waals surface area contributed by atoms with Crippen LogP contribution >= 0.6 is 31.9 Å². The number of halogens is 9. The summed E-state index contributed by atoms with van der Waals surface area (Å²) in [6.07, 6.45) is -4.02. The number of benzene rings is 1. The molecule has 0 spiro atoms. The van der Waals surface area contributed by atoms with Gasteiger partial charge in [0.1, 0.15) is 0 Å². The maximum Gasteiger partial charge on any atom is 0.486 e. The van der Waals surface area contributed by atoms with Crippen molar-refractivity contribution in [1.82, 2.24) is 4.98 Å². The summed E-state index contributed by atoms with van der Waals surface area (Å²) in [6.45, 7) is 0. The van der Waals surface area contributed by atoms with Crippen LogP contribution in [0.5, 0.6) is 0 Å². The van der Waals surface area contributed by atoms with Crippen molar-refractivity contribution < 1.29 is 35.3 Å². The summed E-state index contributed by atoms with van der Waals surface area (Å²) >= 11 is 1.84. The van der Waals surface area contributed by atoms with Crippen LogP contribution < -0.4 is 0 Å². The molecule has 0 saturated carbocycles. The number of hydrogen-bond acceptors (Lipinski definition) is 2. The maximum atomic E-state index is 13.9. The summed E-state index contributed by atoms with van der Waals surface area (Å²) in [6, 6.07) is 6.40. The van der Waals surface area contributed by atoms with E-state index in [0.717, 1.165) is 6.07 Å². The maximum absolute atomic E-state index is 13.9. The predicted octanol–water partition coefficient (Wildman–Crippen LogP) is 5.90. The van der Waals surface area contributed by atoms with Crippen molar-refractivity contribution in [3.63, 3.8) is 0 Å². The molecular weight excluding hydrogens is 535 g/mol. The van der Waals surface area contributed by atoms with Crippen LogP contribution in [0.3, 0.4) is 0 Å². The van der Waals surface area contributed by atoms with Gasteiger partial charge < -0.3 is 4.55 Å². The molecule has 1 unspecified atom stereocenters. The lowest BCUT2D eigenvalue weighted by molar-refractivity contribution is -0.332. The van der Waals surface area contributed by atoms with Gasteiger partial charge >= 0.3 is 17.4 Å². The number of rotatable bonds is 5. The van der Waals surface area contributed by atoms with Gasteiger partial charge in [0.15, 0.2) is 4.90 Å². The lowest BCUT2D eigenvalue weighted by Crippen LogP contribution is -2.56. The quantitative estimate of drug-likeness (QED) is 0.349. The number of aromatic nitrogens is 1. The van der Waals surface area contributed by atoms with Crippen LogP contribution in [0.25, 0.3) is 0 Å². The van der Waals surface area contributed by atoms with E-state index in [9.17, 15) is 35.3 Å². The van der Waals surface area contributed by atoms with Crippen molar-refractivity contribution in [3.05, 3.63) is 56.7 Å². The minimum Gasteiger partial charge on any atom is -0.607 e. The highest BCUT2D eigenvalue weighted by Gasteiger charge is 2.80. The Morgan fingerprint density at radius 2 is 1.74 bits per heavy atom. The van der Waals surface area contributed by atoms with Crippen LogP contribution in [0, 0.1) is 6.07 Å². The van der Waals surface area contributed by atoms with Gasteiger partial charge in [0.2, 0.25) is 0 Å². The third-order valence-electron chi connectivity index (χ3n) is 3.31. The van der Waals surface area contributed by atoms with E-state index in [1.165, 1.54) is 24.5 Å². The van der Waals surface area contributed by atoms with Gasteiger partial charge in [-0.05, 0) is 43.5 Å². The van der Waals surface area contributed by atoms with Gasteiger partial charge in [-0.15, -0.1) is 8.78 Å². The second kappa shape index (κ2) is 7.88. The molecule has 1 heterocycles. The van der Waals surface area contributed by atoms with Crippen LogP contribution in [-0.2, 0) is 17.6 Å². The molecule has 1 radical (unpaired) electrons. The van der Waals surface area contributed by atoms with Gasteiger partial charge in [-0.3, -0.25) is 4.98 Å². The fourth-order valence-corrected chi connectivity index (χ4v) is 4.77. The standard InChI is InChI=1S/C15H7Br2F7NOS/c16-9-5-11(17)10(4-8-2-1-3-25-7-8)12(6-9)27(26)15(23,24)13(18,19)14(20,21)22/h1-3,6-7H,4H2. The van der Waals surface area contributed by atoms with E-state index in [2.05, 4.69) is 42.9 Å². The van der Waals surface area contributed by atoms with Crippen molar-refractivity contribution in [2.24, 2.45) is 0 Å². The van der Waals surface area contributed by atoms with E-state index in [-0.39, 0.29) is 20.9 Å². The Morgan fingerprint density at radius 3 is 2.26 bits per heavy atom. The Hall–Kier alpha value is -0.850. The van der Waals surface area contributed by atoms with Crippen molar-refractivity contribution in [2.45, 2.75) is 28.7 Å². The Kier molecular flexibility index (Phi) is 6.55. The van der Waals surface area contributed by atoms with Crippen LogP contribution in [0.4, 0.5) is 30.7 Å². The van der Waals surface area contributed by atoms with Crippen molar-refractivity contribution >= 4 is 43.0 Å². The Bertz CT molecular complexity index is 818. The molecule has 12 heteroatoms. The lowest BCUT2D eigenvalue weighted by Gasteiger charge is -2.29. The fourth-order valence-electron chi connectivity index (χ4n) is 1.98. The number of alkyl halides is 7. The van der Waals surface area contributed by atoms with E-state index in [4.69, 9.17) is 0 Å². The highest BCUT2D eigenvalue weighted by Crippen LogP contribution is 2.51. The Balaban J connectivity index is 2.57. The average molecular weight is 542 g/mol. The molecule has 0 aliphatic rings. The normalized spacial score (nSPS) is 14.3. The molecule has 0 amide bonds. The average Bonchev–Trinajstić information content (AvgIpc) is 2.56. The third-order valence-corrected chi connectivity index (χ3v) is 5.90. The topological polar surface area (TPSA) is 36.0 Å². The van der Waals surface area contributed by atoms with Crippen molar-refractivity contribution in [1.29, 1.82) is 0 Å². The molecule has 2 nitrogen and oxygen atoms in total. The summed E-state index contributed by atoms with van der Waals surface area (Å²) in [5.41, 5.74) is 0.250. The smallest absolute Gasteiger partial charge is 0.486 e. The minimum absolute atomic E-state index is 0.0183. The largest absolute Gasteiger partial charge is 0.607 e. The Labute approximate surface area is 168 Å². The van der Waals surface area contributed by atoms with E-state index in [1.54, 1.807) is 0 Å². The van der Waals surface area contributed by atoms with Gasteiger partial charge in [0.05, 0.1) is 11.2 Å². The van der Waals surface area contributed by atoms with Crippen LogP contribution in [0.15, 0.2) is 44.4 Å². The van der Waals surface area contributed by atoms with Gasteiger partial charge in [-0.2, -0.15) is 22.0 Å². The predicted molar refractivity (Wildman–Crippen MR) is 90.1 cm³/mol. The number of hydrogen-bond donors (Lipinski definition) is 0. The first kappa shape index (κ1) is 22.4. The molecule has 0 aliphatic carbocycles. The zero-order chi connectivity index (χ0) is 20.6. The van der Waals surface area contributed by atoms with Crippen molar-refractivity contribution in [3.8, 4) is 0 Å². The molecule has 0 bridgehead atoms. The second-order valence-corrected chi connectivity index (χ2v) is 8.31. The molecule has 27 heavy (non-hydrogen) atoms. The van der Waals surface area contributed by atoms with E-state index < -0.39 is 33.4 Å². The first-order chi connectivity index (χ1) is 12.3. The summed E-state index contributed by atoms with van der Waals surface area (Å²) in [5.74, 6) is -6.49.